The Morgan fingerprint density at radius 3 is 2.32 bits per heavy atom. The Kier molecular flexibility index (Phi) is 6.85. The van der Waals surface area contributed by atoms with Crippen LogP contribution in [0.25, 0.3) is 0 Å². The molecule has 108 valence electrons. The van der Waals surface area contributed by atoms with E-state index in [9.17, 15) is 0 Å². The minimum atomic E-state index is 0.693. The van der Waals surface area contributed by atoms with Gasteiger partial charge < -0.3 is 5.32 Å². The molecule has 0 radical (unpaired) electrons. The van der Waals surface area contributed by atoms with Crippen molar-refractivity contribution in [2.75, 3.05) is 25.0 Å². The van der Waals surface area contributed by atoms with E-state index in [2.05, 4.69) is 55.9 Å². The van der Waals surface area contributed by atoms with E-state index >= 15 is 0 Å². The first-order valence-electron chi connectivity index (χ1n) is 7.43. The van der Waals surface area contributed by atoms with E-state index in [0.29, 0.717) is 11.8 Å². The maximum Gasteiger partial charge on any atom is 0.130 e. The van der Waals surface area contributed by atoms with Gasteiger partial charge in [0.2, 0.25) is 0 Å². The van der Waals surface area contributed by atoms with Gasteiger partial charge in [-0.25, -0.2) is 4.98 Å². The van der Waals surface area contributed by atoms with Crippen molar-refractivity contribution in [3.63, 3.8) is 0 Å². The summed E-state index contributed by atoms with van der Waals surface area (Å²) in [7, 11) is 0. The average molecular weight is 263 g/mol. The molecular formula is C16H29N3. The molecule has 0 spiro atoms. The van der Waals surface area contributed by atoms with Crippen molar-refractivity contribution in [3.05, 3.63) is 23.9 Å². The molecule has 0 bridgehead atoms. The van der Waals surface area contributed by atoms with Gasteiger partial charge in [0.15, 0.2) is 0 Å². The second-order valence-electron chi connectivity index (χ2n) is 6.02. The first-order valence-corrected chi connectivity index (χ1v) is 7.43. The average Bonchev–Trinajstić information content (AvgIpc) is 2.30. The summed E-state index contributed by atoms with van der Waals surface area (Å²) in [5, 5.41) is 3.35. The number of rotatable bonds is 8. The zero-order valence-corrected chi connectivity index (χ0v) is 13.1. The van der Waals surface area contributed by atoms with Gasteiger partial charge in [0.05, 0.1) is 0 Å². The first-order chi connectivity index (χ1) is 9.02. The monoisotopic (exact) mass is 263 g/mol. The molecule has 0 atom stereocenters. The number of anilines is 1. The summed E-state index contributed by atoms with van der Waals surface area (Å²) in [6.45, 7) is 15.4. The topological polar surface area (TPSA) is 28.2 Å². The quantitative estimate of drug-likeness (QED) is 0.776. The lowest BCUT2D eigenvalue weighted by Gasteiger charge is -2.26. The van der Waals surface area contributed by atoms with Gasteiger partial charge in [-0.2, -0.15) is 0 Å². The molecule has 1 rings (SSSR count). The van der Waals surface area contributed by atoms with Crippen molar-refractivity contribution < 1.29 is 0 Å². The molecule has 0 aliphatic heterocycles. The van der Waals surface area contributed by atoms with Crippen LogP contribution in [0, 0.1) is 11.8 Å². The van der Waals surface area contributed by atoms with Crippen molar-refractivity contribution in [1.82, 2.24) is 9.88 Å². The van der Waals surface area contributed by atoms with Crippen LogP contribution in [-0.2, 0) is 6.54 Å². The molecule has 1 N–H and O–H groups in total. The molecule has 3 heteroatoms. The summed E-state index contributed by atoms with van der Waals surface area (Å²) < 4.78 is 0. The van der Waals surface area contributed by atoms with Gasteiger partial charge >= 0.3 is 0 Å². The van der Waals surface area contributed by atoms with Crippen molar-refractivity contribution in [2.45, 2.75) is 41.2 Å². The van der Waals surface area contributed by atoms with Crippen molar-refractivity contribution in [1.29, 1.82) is 0 Å². The molecule has 1 aromatic heterocycles. The van der Waals surface area contributed by atoms with Gasteiger partial charge in [-0.3, -0.25) is 4.90 Å². The Bertz CT molecular complexity index is 351. The van der Waals surface area contributed by atoms with E-state index in [0.717, 1.165) is 32.0 Å². The number of nitrogens with one attached hydrogen (secondary N) is 1. The van der Waals surface area contributed by atoms with Gasteiger partial charge in [0.25, 0.3) is 0 Å². The Balaban J connectivity index is 2.76. The molecule has 0 amide bonds. The third-order valence-corrected chi connectivity index (χ3v) is 2.88. The Labute approximate surface area is 118 Å². The summed E-state index contributed by atoms with van der Waals surface area (Å²) in [4.78, 5) is 6.98. The fourth-order valence-electron chi connectivity index (χ4n) is 2.37. The normalized spacial score (nSPS) is 11.6. The lowest BCUT2D eigenvalue weighted by Crippen LogP contribution is -2.31. The number of hydrogen-bond donors (Lipinski definition) is 1. The van der Waals surface area contributed by atoms with Gasteiger partial charge in [-0.05, 0) is 24.8 Å². The minimum Gasteiger partial charge on any atom is -0.370 e. The predicted octanol–water partition coefficient (Wildman–Crippen LogP) is 3.63. The molecule has 0 aliphatic rings. The summed E-state index contributed by atoms with van der Waals surface area (Å²) in [5.74, 6) is 2.42. The summed E-state index contributed by atoms with van der Waals surface area (Å²) in [6.07, 6.45) is 1.86. The van der Waals surface area contributed by atoms with Gasteiger partial charge in [0.1, 0.15) is 5.82 Å². The van der Waals surface area contributed by atoms with Crippen molar-refractivity contribution in [2.24, 2.45) is 11.8 Å². The van der Waals surface area contributed by atoms with E-state index in [1.807, 2.05) is 12.3 Å². The number of aromatic nitrogens is 1. The second kappa shape index (κ2) is 8.16. The molecule has 0 saturated carbocycles. The Hall–Kier alpha value is -1.09. The highest BCUT2D eigenvalue weighted by Gasteiger charge is 2.12. The minimum absolute atomic E-state index is 0.693. The van der Waals surface area contributed by atoms with Crippen LogP contribution in [0.1, 0.15) is 40.2 Å². The molecule has 0 aromatic carbocycles. The zero-order chi connectivity index (χ0) is 14.3. The maximum absolute atomic E-state index is 4.44. The van der Waals surface area contributed by atoms with E-state index in [4.69, 9.17) is 0 Å². The lowest BCUT2D eigenvalue weighted by molar-refractivity contribution is 0.211. The third-order valence-electron chi connectivity index (χ3n) is 2.88. The molecule has 1 heterocycles. The standard InChI is InChI=1S/C16H29N3/c1-6-17-16-15(8-7-9-18-16)12-19(10-13(2)3)11-14(4)5/h7-9,13-14H,6,10-12H2,1-5H3,(H,17,18). The smallest absolute Gasteiger partial charge is 0.130 e. The first kappa shape index (κ1) is 16.0. The largest absolute Gasteiger partial charge is 0.370 e. The second-order valence-corrected chi connectivity index (χ2v) is 6.02. The summed E-state index contributed by atoms with van der Waals surface area (Å²) in [5.41, 5.74) is 1.30. The lowest BCUT2D eigenvalue weighted by atomic mass is 10.1. The van der Waals surface area contributed by atoms with Crippen LogP contribution in [0.5, 0.6) is 0 Å². The molecule has 3 nitrogen and oxygen atoms in total. The van der Waals surface area contributed by atoms with E-state index in [1.165, 1.54) is 5.56 Å². The van der Waals surface area contributed by atoms with Crippen LogP contribution in [0.2, 0.25) is 0 Å². The van der Waals surface area contributed by atoms with E-state index in [1.54, 1.807) is 0 Å². The molecule has 1 aromatic rings. The molecule has 0 fully saturated rings. The van der Waals surface area contributed by atoms with Crippen molar-refractivity contribution >= 4 is 5.82 Å². The molecule has 0 saturated heterocycles. The van der Waals surface area contributed by atoms with Crippen LogP contribution >= 0.6 is 0 Å². The van der Waals surface area contributed by atoms with Crippen LogP contribution < -0.4 is 5.32 Å². The highest BCUT2D eigenvalue weighted by molar-refractivity contribution is 5.43. The van der Waals surface area contributed by atoms with Crippen molar-refractivity contribution in [3.8, 4) is 0 Å². The zero-order valence-electron chi connectivity index (χ0n) is 13.1. The fourth-order valence-corrected chi connectivity index (χ4v) is 2.37. The molecule has 0 unspecified atom stereocenters. The van der Waals surface area contributed by atoms with Crippen LogP contribution in [-0.4, -0.2) is 29.5 Å². The van der Waals surface area contributed by atoms with Crippen LogP contribution in [0.3, 0.4) is 0 Å². The van der Waals surface area contributed by atoms with Gasteiger partial charge in [0, 0.05) is 37.9 Å². The summed E-state index contributed by atoms with van der Waals surface area (Å²) >= 11 is 0. The predicted molar refractivity (Wildman–Crippen MR) is 83.4 cm³/mol. The highest BCUT2D eigenvalue weighted by Crippen LogP contribution is 2.16. The third kappa shape index (κ3) is 6.06. The fraction of sp³-hybridized carbons (Fsp3) is 0.688. The molecule has 0 aliphatic carbocycles. The molecule has 19 heavy (non-hydrogen) atoms. The molecular weight excluding hydrogens is 234 g/mol. The van der Waals surface area contributed by atoms with Gasteiger partial charge in [-0.15, -0.1) is 0 Å². The van der Waals surface area contributed by atoms with E-state index in [-0.39, 0.29) is 0 Å². The van der Waals surface area contributed by atoms with E-state index < -0.39 is 0 Å². The summed E-state index contributed by atoms with van der Waals surface area (Å²) in [6, 6.07) is 4.21. The number of hydrogen-bond acceptors (Lipinski definition) is 3. The Morgan fingerprint density at radius 2 is 1.79 bits per heavy atom. The SMILES string of the molecule is CCNc1ncccc1CN(CC(C)C)CC(C)C. The van der Waals surface area contributed by atoms with Crippen LogP contribution in [0.15, 0.2) is 18.3 Å². The number of pyridine rings is 1. The maximum atomic E-state index is 4.44. The Morgan fingerprint density at radius 1 is 1.16 bits per heavy atom. The number of nitrogens with zero attached hydrogens (tertiary/aromatic N) is 2. The van der Waals surface area contributed by atoms with Crippen LogP contribution in [0.4, 0.5) is 5.82 Å². The van der Waals surface area contributed by atoms with Gasteiger partial charge in [-0.1, -0.05) is 33.8 Å². The highest BCUT2D eigenvalue weighted by atomic mass is 15.1.